The normalized spacial score (nSPS) is 21.6. The summed E-state index contributed by atoms with van der Waals surface area (Å²) < 4.78 is 43.2. The summed E-state index contributed by atoms with van der Waals surface area (Å²) in [5.41, 5.74) is 0.561. The predicted molar refractivity (Wildman–Crippen MR) is 138 cm³/mol. The summed E-state index contributed by atoms with van der Waals surface area (Å²) >= 11 is 0. The van der Waals surface area contributed by atoms with Crippen molar-refractivity contribution in [2.24, 2.45) is 0 Å². The van der Waals surface area contributed by atoms with Crippen LogP contribution in [0.3, 0.4) is 0 Å². The Morgan fingerprint density at radius 3 is 2.07 bits per heavy atom. The van der Waals surface area contributed by atoms with E-state index in [2.05, 4.69) is 5.32 Å². The Balaban J connectivity index is 2.37. The fraction of sp³-hybridized carbons (Fsp3) is 0.577. The van der Waals surface area contributed by atoms with Crippen molar-refractivity contribution < 1.29 is 61.9 Å². The fourth-order valence-electron chi connectivity index (χ4n) is 3.82. The third-order valence-electron chi connectivity index (χ3n) is 5.68. The van der Waals surface area contributed by atoms with Gasteiger partial charge in [0.15, 0.2) is 29.8 Å². The van der Waals surface area contributed by atoms with Gasteiger partial charge < -0.3 is 48.1 Å². The number of carbonyl (C=O) groups excluding carboxylic acids is 5. The lowest BCUT2D eigenvalue weighted by molar-refractivity contribution is -0.282. The van der Waals surface area contributed by atoms with E-state index in [1.54, 1.807) is 26.2 Å². The Morgan fingerprint density at radius 2 is 1.51 bits per heavy atom. The summed E-state index contributed by atoms with van der Waals surface area (Å²) in [5, 5.41) is 2.94. The van der Waals surface area contributed by atoms with E-state index < -0.39 is 60.7 Å². The molecule has 0 aromatic heterocycles. The number of nitrogens with one attached hydrogen (secondary N) is 1. The maximum Gasteiger partial charge on any atom is 0.409 e. The smallest absolute Gasteiger partial charge is 0.409 e. The third kappa shape index (κ3) is 9.49. The van der Waals surface area contributed by atoms with E-state index in [9.17, 15) is 24.0 Å². The van der Waals surface area contributed by atoms with Crippen LogP contribution in [0.4, 0.5) is 4.79 Å². The van der Waals surface area contributed by atoms with E-state index in [-0.39, 0.29) is 18.1 Å². The Kier molecular flexibility index (Phi) is 12.6. The molecule has 0 bridgehead atoms. The molecule has 0 aliphatic carbocycles. The number of hydrogen-bond donors (Lipinski definition) is 1. The zero-order valence-electron chi connectivity index (χ0n) is 24.0. The molecular weight excluding hydrogens is 548 g/mol. The number of carbonyl (C=O) groups is 5. The van der Waals surface area contributed by atoms with Gasteiger partial charge in [-0.1, -0.05) is 6.07 Å². The van der Waals surface area contributed by atoms with E-state index in [4.69, 9.17) is 37.9 Å². The number of amides is 1. The lowest BCUT2D eigenvalue weighted by Crippen LogP contribution is -2.64. The molecule has 15 heteroatoms. The van der Waals surface area contributed by atoms with Crippen molar-refractivity contribution in [1.29, 1.82) is 0 Å². The van der Waals surface area contributed by atoms with Crippen LogP contribution in [-0.2, 0) is 54.2 Å². The van der Waals surface area contributed by atoms with Gasteiger partial charge in [-0.25, -0.2) is 9.59 Å². The highest BCUT2D eigenvalue weighted by atomic mass is 16.7. The van der Waals surface area contributed by atoms with E-state index in [0.717, 1.165) is 27.9 Å². The predicted octanol–water partition coefficient (Wildman–Crippen LogP) is 0.555. The average molecular weight is 585 g/mol. The van der Waals surface area contributed by atoms with Crippen LogP contribution in [0.1, 0.15) is 26.3 Å². The highest BCUT2D eigenvalue weighted by molar-refractivity contribution is 5.77. The zero-order chi connectivity index (χ0) is 30.7. The molecule has 5 atom stereocenters. The van der Waals surface area contributed by atoms with Crippen LogP contribution in [0.2, 0.25) is 0 Å². The van der Waals surface area contributed by atoms with Gasteiger partial charge in [-0.3, -0.25) is 14.4 Å². The van der Waals surface area contributed by atoms with Crippen LogP contribution in [0.5, 0.6) is 11.5 Å². The van der Waals surface area contributed by atoms with Crippen molar-refractivity contribution in [2.45, 2.75) is 58.1 Å². The lowest BCUT2D eigenvalue weighted by atomic mass is 9.97. The van der Waals surface area contributed by atoms with Crippen LogP contribution in [0, 0.1) is 0 Å². The lowest BCUT2D eigenvalue weighted by Gasteiger charge is -2.43. The van der Waals surface area contributed by atoms with Gasteiger partial charge in [-0.2, -0.15) is 0 Å². The third-order valence-corrected chi connectivity index (χ3v) is 5.68. The first-order valence-corrected chi connectivity index (χ1v) is 12.5. The van der Waals surface area contributed by atoms with Gasteiger partial charge in [0.05, 0.1) is 14.2 Å². The molecule has 15 nitrogen and oxygen atoms in total. The SMILES string of the molecule is CNCCN(C)C(=O)OCc1ccc(O[C@@H]2O[C@H](C(=O)OC)[C@@H](OC(C)=O)[C@H](OC(C)=O)[C@H]2OC(C)=O)c(OC)c1. The molecule has 1 aromatic carbocycles. The molecule has 0 unspecified atom stereocenters. The van der Waals surface area contributed by atoms with Crippen molar-refractivity contribution in [1.82, 2.24) is 10.2 Å². The maximum absolute atomic E-state index is 12.6. The standard InChI is InChI=1S/C26H36N2O13/c1-14(29)37-20-21(38-15(2)30)23(39-16(3)31)25(41-22(20)24(32)35-7)40-18-9-8-17(12-19(18)34-6)13-36-26(33)28(5)11-10-27-4/h8-9,12,20-23,25,27H,10-11,13H2,1-7H3/t20-,21-,22-,23+,25+/m0/s1. The number of hydrogen-bond acceptors (Lipinski definition) is 14. The molecule has 1 aromatic rings. The molecular formula is C26H36N2O13. The van der Waals surface area contributed by atoms with E-state index in [1.165, 1.54) is 18.1 Å². The first kappa shape index (κ1) is 33.1. The molecule has 1 N–H and O–H groups in total. The molecule has 1 fully saturated rings. The van der Waals surface area contributed by atoms with Crippen LogP contribution >= 0.6 is 0 Å². The summed E-state index contributed by atoms with van der Waals surface area (Å²) in [6.45, 7) is 4.24. The summed E-state index contributed by atoms with van der Waals surface area (Å²) in [6, 6.07) is 4.61. The Bertz CT molecular complexity index is 1100. The largest absolute Gasteiger partial charge is 0.493 e. The Hall–Kier alpha value is -4.11. The van der Waals surface area contributed by atoms with Crippen LogP contribution in [-0.4, -0.2) is 107 Å². The molecule has 41 heavy (non-hydrogen) atoms. The average Bonchev–Trinajstić information content (AvgIpc) is 2.92. The van der Waals surface area contributed by atoms with E-state index in [0.29, 0.717) is 18.7 Å². The number of rotatable bonds is 12. The molecule has 0 spiro atoms. The Labute approximate surface area is 237 Å². The van der Waals surface area contributed by atoms with Gasteiger partial charge in [0.2, 0.25) is 12.4 Å². The second-order valence-electron chi connectivity index (χ2n) is 8.85. The second kappa shape index (κ2) is 15.6. The summed E-state index contributed by atoms with van der Waals surface area (Å²) in [7, 11) is 5.83. The quantitative estimate of drug-likeness (QED) is 0.266. The molecule has 1 aliphatic rings. The van der Waals surface area contributed by atoms with Crippen LogP contribution < -0.4 is 14.8 Å². The minimum Gasteiger partial charge on any atom is -0.493 e. The summed E-state index contributed by atoms with van der Waals surface area (Å²) in [4.78, 5) is 62.0. The van der Waals surface area contributed by atoms with Crippen LogP contribution in [0.25, 0.3) is 0 Å². The summed E-state index contributed by atoms with van der Waals surface area (Å²) in [5.74, 6) is -3.16. The number of ether oxygens (including phenoxy) is 8. The van der Waals surface area contributed by atoms with Gasteiger partial charge in [0.25, 0.3) is 0 Å². The zero-order valence-corrected chi connectivity index (χ0v) is 24.0. The molecule has 1 saturated heterocycles. The summed E-state index contributed by atoms with van der Waals surface area (Å²) in [6.07, 6.45) is -8.22. The van der Waals surface area contributed by atoms with Gasteiger partial charge in [-0.15, -0.1) is 0 Å². The molecule has 228 valence electrons. The van der Waals surface area contributed by atoms with Gasteiger partial charge in [-0.05, 0) is 24.7 Å². The van der Waals surface area contributed by atoms with E-state index in [1.807, 2.05) is 0 Å². The fourth-order valence-corrected chi connectivity index (χ4v) is 3.82. The minimum atomic E-state index is -1.62. The van der Waals surface area contributed by atoms with E-state index >= 15 is 0 Å². The van der Waals surface area contributed by atoms with Crippen LogP contribution in [0.15, 0.2) is 18.2 Å². The van der Waals surface area contributed by atoms with Crippen molar-refractivity contribution in [2.75, 3.05) is 41.4 Å². The van der Waals surface area contributed by atoms with Gasteiger partial charge >= 0.3 is 30.0 Å². The first-order valence-electron chi connectivity index (χ1n) is 12.5. The van der Waals surface area contributed by atoms with Gasteiger partial charge in [0, 0.05) is 40.9 Å². The number of likely N-dealkylation sites (N-methyl/N-ethyl adjacent to an activating group) is 2. The van der Waals surface area contributed by atoms with Gasteiger partial charge in [0.1, 0.15) is 6.61 Å². The highest BCUT2D eigenvalue weighted by Crippen LogP contribution is 2.35. The number of esters is 4. The van der Waals surface area contributed by atoms with Crippen molar-refractivity contribution in [3.05, 3.63) is 23.8 Å². The Morgan fingerprint density at radius 1 is 0.902 bits per heavy atom. The van der Waals surface area contributed by atoms with Crippen molar-refractivity contribution in [3.8, 4) is 11.5 Å². The molecule has 0 saturated carbocycles. The number of benzene rings is 1. The monoisotopic (exact) mass is 584 g/mol. The number of nitrogens with zero attached hydrogens (tertiary/aromatic N) is 1. The molecule has 0 radical (unpaired) electrons. The minimum absolute atomic E-state index is 0.0711. The van der Waals surface area contributed by atoms with Crippen molar-refractivity contribution >= 4 is 30.0 Å². The maximum atomic E-state index is 12.6. The first-order chi connectivity index (χ1) is 19.4. The highest BCUT2D eigenvalue weighted by Gasteiger charge is 2.56. The molecule has 2 rings (SSSR count). The molecule has 1 aliphatic heterocycles. The second-order valence-corrected chi connectivity index (χ2v) is 8.85. The molecule has 1 heterocycles. The topological polar surface area (TPSA) is 174 Å². The van der Waals surface area contributed by atoms with Crippen molar-refractivity contribution in [3.63, 3.8) is 0 Å². The number of methoxy groups -OCH3 is 2. The molecule has 1 amide bonds.